The quantitative estimate of drug-likeness (QED) is 0.552. The van der Waals surface area contributed by atoms with Crippen LogP contribution < -0.4 is 22.2 Å². The number of fused-ring (bicyclic) bond motifs is 2. The Morgan fingerprint density at radius 2 is 1.00 bits per heavy atom. The van der Waals surface area contributed by atoms with E-state index in [1.807, 2.05) is 0 Å². The summed E-state index contributed by atoms with van der Waals surface area (Å²) >= 11 is 0. The minimum Gasteiger partial charge on any atom is -0.371 e. The average Bonchev–Trinajstić information content (AvgIpc) is 3.48. The van der Waals surface area contributed by atoms with E-state index in [-0.39, 0.29) is 46.8 Å². The first-order valence-corrected chi connectivity index (χ1v) is 7.68. The van der Waals surface area contributed by atoms with Gasteiger partial charge in [0, 0.05) is 0 Å². The van der Waals surface area contributed by atoms with E-state index in [9.17, 15) is 19.2 Å². The van der Waals surface area contributed by atoms with Crippen molar-refractivity contribution >= 4 is 21.5 Å². The van der Waals surface area contributed by atoms with Gasteiger partial charge >= 0.3 is 0 Å². The molecular weight excluding hydrogens is 316 g/mol. The summed E-state index contributed by atoms with van der Waals surface area (Å²) < 4.78 is 12.4. The number of epoxide rings is 2. The van der Waals surface area contributed by atoms with Crippen molar-refractivity contribution in [1.82, 2.24) is 9.13 Å². The average molecular weight is 328 g/mol. The standard InChI is InChI=1S/C16H12N2O6/c19-13-9-1-10-12(16(22)18(14(10)20)4-8-6-24-8)2-11(9)15(21)17(13)3-7-5-23-7/h1-2,7-8H,3-6H2/t7-,8-/m1/s1. The molecule has 2 aliphatic rings. The molecule has 5 rings (SSSR count). The Kier molecular flexibility index (Phi) is 2.59. The Bertz CT molecular complexity index is 1030. The second kappa shape index (κ2) is 4.49. The van der Waals surface area contributed by atoms with E-state index >= 15 is 0 Å². The van der Waals surface area contributed by atoms with Gasteiger partial charge in [0.2, 0.25) is 0 Å². The SMILES string of the molecule is O=c1c2cc3c(=O)n(C[C@@H]4CO4)c(=O)c3cc2c(=O)n1C[C@@H]1CO1. The fourth-order valence-electron chi connectivity index (χ4n) is 3.16. The Morgan fingerprint density at radius 1 is 0.708 bits per heavy atom. The van der Waals surface area contributed by atoms with Gasteiger partial charge in [-0.05, 0) is 12.1 Å². The molecule has 8 heteroatoms. The maximum atomic E-state index is 12.4. The van der Waals surface area contributed by atoms with Gasteiger partial charge in [-0.2, -0.15) is 0 Å². The maximum Gasteiger partial charge on any atom is 0.261 e. The monoisotopic (exact) mass is 328 g/mol. The zero-order chi connectivity index (χ0) is 16.6. The molecule has 3 aromatic rings. The highest BCUT2D eigenvalue weighted by atomic mass is 16.6. The molecule has 2 atom stereocenters. The molecule has 122 valence electrons. The van der Waals surface area contributed by atoms with Crippen LogP contribution >= 0.6 is 0 Å². The molecule has 0 amide bonds. The molecule has 0 unspecified atom stereocenters. The van der Waals surface area contributed by atoms with Crippen molar-refractivity contribution in [3.63, 3.8) is 0 Å². The fraction of sp³-hybridized carbons (Fsp3) is 0.375. The fourth-order valence-corrected chi connectivity index (χ4v) is 3.16. The van der Waals surface area contributed by atoms with Crippen LogP contribution in [0.1, 0.15) is 0 Å². The maximum absolute atomic E-state index is 12.4. The summed E-state index contributed by atoms with van der Waals surface area (Å²) in [5.41, 5.74) is -1.79. The molecule has 0 bridgehead atoms. The number of nitrogens with zero attached hydrogens (tertiary/aromatic N) is 2. The first-order valence-electron chi connectivity index (χ1n) is 7.68. The molecular formula is C16H12N2O6. The molecule has 0 saturated carbocycles. The number of benzene rings is 1. The van der Waals surface area contributed by atoms with Crippen molar-refractivity contribution < 1.29 is 9.47 Å². The Hall–Kier alpha value is -2.58. The van der Waals surface area contributed by atoms with Gasteiger partial charge in [0.25, 0.3) is 22.2 Å². The first kappa shape index (κ1) is 13.8. The van der Waals surface area contributed by atoms with Gasteiger partial charge in [-0.15, -0.1) is 0 Å². The summed E-state index contributed by atoms with van der Waals surface area (Å²) in [6, 6.07) is 2.74. The highest BCUT2D eigenvalue weighted by Crippen LogP contribution is 2.17. The summed E-state index contributed by atoms with van der Waals surface area (Å²) in [6.45, 7) is 1.45. The Labute approximate surface area is 133 Å². The van der Waals surface area contributed by atoms with E-state index in [0.29, 0.717) is 13.2 Å². The smallest absolute Gasteiger partial charge is 0.261 e. The summed E-state index contributed by atoms with van der Waals surface area (Å²) in [4.78, 5) is 49.8. The third-order valence-corrected chi connectivity index (χ3v) is 4.64. The molecule has 2 aromatic heterocycles. The van der Waals surface area contributed by atoms with Gasteiger partial charge in [-0.25, -0.2) is 0 Å². The van der Waals surface area contributed by atoms with Crippen LogP contribution in [0.5, 0.6) is 0 Å². The third-order valence-electron chi connectivity index (χ3n) is 4.64. The van der Waals surface area contributed by atoms with Gasteiger partial charge in [0.15, 0.2) is 0 Å². The number of ether oxygens (including phenoxy) is 2. The van der Waals surface area contributed by atoms with E-state index in [1.165, 1.54) is 12.1 Å². The van der Waals surface area contributed by atoms with Gasteiger partial charge in [0.05, 0.1) is 60.1 Å². The molecule has 0 spiro atoms. The molecule has 4 heterocycles. The molecule has 24 heavy (non-hydrogen) atoms. The molecule has 2 saturated heterocycles. The minimum atomic E-state index is -0.447. The first-order chi connectivity index (χ1) is 11.5. The molecule has 2 aliphatic heterocycles. The van der Waals surface area contributed by atoms with Gasteiger partial charge in [-0.1, -0.05) is 0 Å². The summed E-state index contributed by atoms with van der Waals surface area (Å²) in [5.74, 6) is 0. The Morgan fingerprint density at radius 3 is 1.25 bits per heavy atom. The Balaban J connectivity index is 1.79. The third kappa shape index (κ3) is 1.87. The molecule has 2 fully saturated rings. The van der Waals surface area contributed by atoms with Gasteiger partial charge in [0.1, 0.15) is 0 Å². The highest BCUT2D eigenvalue weighted by molar-refractivity contribution is 5.97. The minimum absolute atomic E-state index is 0.114. The lowest BCUT2D eigenvalue weighted by Gasteiger charge is -1.93. The molecule has 0 radical (unpaired) electrons. The largest absolute Gasteiger partial charge is 0.371 e. The lowest BCUT2D eigenvalue weighted by atomic mass is 10.1. The summed E-state index contributed by atoms with van der Waals surface area (Å²) in [7, 11) is 0. The predicted molar refractivity (Wildman–Crippen MR) is 84.4 cm³/mol. The van der Waals surface area contributed by atoms with Crippen LogP contribution in [0.25, 0.3) is 21.5 Å². The van der Waals surface area contributed by atoms with Crippen molar-refractivity contribution in [2.75, 3.05) is 13.2 Å². The number of hydrogen-bond acceptors (Lipinski definition) is 6. The summed E-state index contributed by atoms with van der Waals surface area (Å²) in [5, 5.41) is 0.685. The van der Waals surface area contributed by atoms with Gasteiger partial charge in [-0.3, -0.25) is 28.3 Å². The molecule has 0 aliphatic carbocycles. The number of rotatable bonds is 4. The van der Waals surface area contributed by atoms with Crippen molar-refractivity contribution in [1.29, 1.82) is 0 Å². The van der Waals surface area contributed by atoms with Crippen LogP contribution in [0.2, 0.25) is 0 Å². The number of hydrogen-bond donors (Lipinski definition) is 0. The van der Waals surface area contributed by atoms with Crippen molar-refractivity contribution in [3.05, 3.63) is 53.5 Å². The van der Waals surface area contributed by atoms with Crippen molar-refractivity contribution in [3.8, 4) is 0 Å². The second-order valence-corrected chi connectivity index (χ2v) is 6.30. The van der Waals surface area contributed by atoms with Crippen LogP contribution in [0.4, 0.5) is 0 Å². The topological polar surface area (TPSA) is 103 Å². The van der Waals surface area contributed by atoms with E-state index < -0.39 is 22.2 Å². The molecule has 0 N–H and O–H groups in total. The molecule has 1 aromatic carbocycles. The van der Waals surface area contributed by atoms with Crippen molar-refractivity contribution in [2.45, 2.75) is 25.3 Å². The van der Waals surface area contributed by atoms with E-state index in [1.54, 1.807) is 0 Å². The van der Waals surface area contributed by atoms with E-state index in [0.717, 1.165) is 9.13 Å². The van der Waals surface area contributed by atoms with E-state index in [2.05, 4.69) is 0 Å². The summed E-state index contributed by atoms with van der Waals surface area (Å²) in [6.07, 6.45) is -0.229. The lowest BCUT2D eigenvalue weighted by Crippen LogP contribution is -2.28. The molecule has 8 nitrogen and oxygen atoms in total. The van der Waals surface area contributed by atoms with Gasteiger partial charge < -0.3 is 9.47 Å². The number of aromatic nitrogens is 2. The lowest BCUT2D eigenvalue weighted by molar-refractivity contribution is 0.379. The van der Waals surface area contributed by atoms with Crippen molar-refractivity contribution in [2.24, 2.45) is 0 Å². The predicted octanol–water partition coefficient (Wildman–Crippen LogP) is -1.29. The zero-order valence-electron chi connectivity index (χ0n) is 12.5. The van der Waals surface area contributed by atoms with E-state index in [4.69, 9.17) is 9.47 Å². The highest BCUT2D eigenvalue weighted by Gasteiger charge is 2.28. The normalized spacial score (nSPS) is 22.5. The van der Waals surface area contributed by atoms with Crippen LogP contribution in [0.3, 0.4) is 0 Å². The zero-order valence-corrected chi connectivity index (χ0v) is 12.5. The van der Waals surface area contributed by atoms with Crippen LogP contribution in [-0.2, 0) is 22.6 Å². The van der Waals surface area contributed by atoms with Crippen LogP contribution in [0.15, 0.2) is 31.3 Å². The van der Waals surface area contributed by atoms with Crippen LogP contribution in [0, 0.1) is 0 Å². The second-order valence-electron chi connectivity index (χ2n) is 6.30. The van der Waals surface area contributed by atoms with Crippen LogP contribution in [-0.4, -0.2) is 34.6 Å².